The summed E-state index contributed by atoms with van der Waals surface area (Å²) < 4.78 is 0. The van der Waals surface area contributed by atoms with Gasteiger partial charge in [0.15, 0.2) is 5.78 Å². The fraction of sp³-hybridized carbons (Fsp3) is 0.703. The van der Waals surface area contributed by atoms with E-state index in [0.29, 0.717) is 29.5 Å². The maximum atomic E-state index is 14.0. The van der Waals surface area contributed by atoms with Gasteiger partial charge in [-0.15, -0.1) is 0 Å². The van der Waals surface area contributed by atoms with Gasteiger partial charge in [0.05, 0.1) is 5.41 Å². The maximum absolute atomic E-state index is 14.0. The summed E-state index contributed by atoms with van der Waals surface area (Å²) >= 11 is 0. The van der Waals surface area contributed by atoms with E-state index in [1.807, 2.05) is 18.3 Å². The van der Waals surface area contributed by atoms with Gasteiger partial charge in [0.1, 0.15) is 0 Å². The quantitative estimate of drug-likeness (QED) is 0.298. The zero-order valence-corrected chi connectivity index (χ0v) is 26.3. The van der Waals surface area contributed by atoms with Crippen LogP contribution in [0.4, 0.5) is 0 Å². The van der Waals surface area contributed by atoms with Crippen LogP contribution in [-0.4, -0.2) is 21.8 Å². The van der Waals surface area contributed by atoms with Crippen molar-refractivity contribution in [1.29, 1.82) is 0 Å². The number of pyridine rings is 1. The Kier molecular flexibility index (Phi) is 6.61. The summed E-state index contributed by atoms with van der Waals surface area (Å²) in [4.78, 5) is 31.4. The molecule has 1 aromatic heterocycles. The molecule has 0 saturated heterocycles. The van der Waals surface area contributed by atoms with Crippen LogP contribution in [0.3, 0.4) is 0 Å². The van der Waals surface area contributed by atoms with E-state index in [9.17, 15) is 14.7 Å². The first-order valence-corrected chi connectivity index (χ1v) is 16.3. The first kappa shape index (κ1) is 28.9. The number of carboxylic acids is 1. The number of ketones is 1. The lowest BCUT2D eigenvalue weighted by Gasteiger charge is -2.73. The van der Waals surface area contributed by atoms with Crippen LogP contribution in [0, 0.1) is 56.7 Å². The molecule has 0 aromatic carbocycles. The van der Waals surface area contributed by atoms with E-state index in [0.717, 1.165) is 75.3 Å². The van der Waals surface area contributed by atoms with Crippen molar-refractivity contribution in [3.63, 3.8) is 0 Å². The molecule has 0 spiro atoms. The van der Waals surface area contributed by atoms with E-state index >= 15 is 0 Å². The number of carbonyl (C=O) groups excluding carboxylic acids is 1. The second kappa shape index (κ2) is 9.38. The first-order valence-electron chi connectivity index (χ1n) is 16.3. The fourth-order valence-corrected chi connectivity index (χ4v) is 12.4. The standard InChI is InChI=1S/C37H51NO3/c1-23(2)26-11-8-15-37(32(40)41)18-17-35(6)27(30(26)37)12-13-29-34(5)21-25(20-24-10-9-19-38-22-24)31(39)33(3,4)28(34)14-16-36(29,35)7/h9-10,19-20,22,26-30H,1,8,11-18,21H2,2-7H3,(H,40,41)/b25-20-/t26-,27-,28-,29+,30+,34-,35+,36+,37-/m0/s1. The van der Waals surface area contributed by atoms with Gasteiger partial charge >= 0.3 is 5.97 Å². The van der Waals surface area contributed by atoms with Crippen molar-refractivity contribution in [3.05, 3.63) is 47.8 Å². The van der Waals surface area contributed by atoms with E-state index in [4.69, 9.17) is 0 Å². The molecule has 1 aromatic rings. The number of aliphatic carboxylic acids is 1. The lowest BCUT2D eigenvalue weighted by Crippen LogP contribution is -2.68. The Morgan fingerprint density at radius 2 is 1.76 bits per heavy atom. The molecule has 4 nitrogen and oxygen atoms in total. The van der Waals surface area contributed by atoms with Crippen LogP contribution >= 0.6 is 0 Å². The third kappa shape index (κ3) is 3.80. The van der Waals surface area contributed by atoms with Crippen molar-refractivity contribution in [2.45, 2.75) is 106 Å². The number of fused-ring (bicyclic) bond motifs is 7. The van der Waals surface area contributed by atoms with Gasteiger partial charge < -0.3 is 5.11 Å². The van der Waals surface area contributed by atoms with Crippen molar-refractivity contribution in [3.8, 4) is 0 Å². The Balaban J connectivity index is 1.42. The predicted octanol–water partition coefficient (Wildman–Crippen LogP) is 8.78. The van der Waals surface area contributed by atoms with E-state index in [1.54, 1.807) is 6.20 Å². The summed E-state index contributed by atoms with van der Waals surface area (Å²) in [5, 5.41) is 10.8. The van der Waals surface area contributed by atoms with E-state index in [1.165, 1.54) is 5.57 Å². The van der Waals surface area contributed by atoms with Crippen LogP contribution in [-0.2, 0) is 9.59 Å². The summed E-state index contributed by atoms with van der Waals surface area (Å²) in [6, 6.07) is 3.99. The van der Waals surface area contributed by atoms with Crippen LogP contribution in [0.25, 0.3) is 6.08 Å². The molecule has 222 valence electrons. The number of hydrogen-bond acceptors (Lipinski definition) is 3. The highest BCUT2D eigenvalue weighted by atomic mass is 16.4. The van der Waals surface area contributed by atoms with Crippen molar-refractivity contribution in [2.24, 2.45) is 56.7 Å². The molecule has 0 amide bonds. The molecule has 1 N–H and O–H groups in total. The third-order valence-electron chi connectivity index (χ3n) is 14.3. The van der Waals surface area contributed by atoms with Crippen LogP contribution in [0.1, 0.15) is 111 Å². The van der Waals surface area contributed by atoms with Gasteiger partial charge in [-0.1, -0.05) is 59.3 Å². The summed E-state index contributed by atoms with van der Waals surface area (Å²) in [6.07, 6.45) is 15.7. The molecule has 0 aliphatic heterocycles. The smallest absolute Gasteiger partial charge is 0.309 e. The van der Waals surface area contributed by atoms with Crippen LogP contribution in [0.2, 0.25) is 0 Å². The number of carboxylic acid groups (broad SMARTS) is 1. The Labute approximate surface area is 247 Å². The Morgan fingerprint density at radius 3 is 2.41 bits per heavy atom. The van der Waals surface area contributed by atoms with Gasteiger partial charge in [-0.25, -0.2) is 0 Å². The van der Waals surface area contributed by atoms with Crippen LogP contribution < -0.4 is 0 Å². The minimum atomic E-state index is -0.602. The molecule has 0 bridgehead atoms. The van der Waals surface area contributed by atoms with Crippen LogP contribution in [0.15, 0.2) is 42.3 Å². The highest BCUT2D eigenvalue weighted by Crippen LogP contribution is 2.77. The summed E-state index contributed by atoms with van der Waals surface area (Å²) in [5.74, 6) is 1.49. The molecule has 5 fully saturated rings. The van der Waals surface area contributed by atoms with E-state index < -0.39 is 16.8 Å². The molecule has 4 heteroatoms. The van der Waals surface area contributed by atoms with Gasteiger partial charge in [0.2, 0.25) is 0 Å². The summed E-state index contributed by atoms with van der Waals surface area (Å²) in [6.45, 7) is 18.6. The van der Waals surface area contributed by atoms with E-state index in [-0.39, 0.29) is 22.2 Å². The Morgan fingerprint density at radius 1 is 1.00 bits per heavy atom. The third-order valence-corrected chi connectivity index (χ3v) is 14.3. The number of Topliss-reactive ketones (excluding diaryl/α,β-unsaturated/α-hetero) is 1. The molecular formula is C37H51NO3. The lowest BCUT2D eigenvalue weighted by molar-refractivity contribution is -0.241. The molecular weight excluding hydrogens is 506 g/mol. The highest BCUT2D eigenvalue weighted by Gasteiger charge is 2.71. The number of allylic oxidation sites excluding steroid dienone is 2. The van der Waals surface area contributed by atoms with Crippen LogP contribution in [0.5, 0.6) is 0 Å². The fourth-order valence-electron chi connectivity index (χ4n) is 12.4. The predicted molar refractivity (Wildman–Crippen MR) is 164 cm³/mol. The first-order chi connectivity index (χ1) is 19.2. The van der Waals surface area contributed by atoms with Gasteiger partial charge in [-0.2, -0.15) is 0 Å². The molecule has 41 heavy (non-hydrogen) atoms. The second-order valence-corrected chi connectivity index (χ2v) is 16.2. The molecule has 6 rings (SSSR count). The number of rotatable bonds is 3. The Hall–Kier alpha value is -2.23. The number of hydrogen-bond donors (Lipinski definition) is 1. The molecule has 5 aliphatic carbocycles. The largest absolute Gasteiger partial charge is 0.481 e. The molecule has 5 saturated carbocycles. The summed E-state index contributed by atoms with van der Waals surface area (Å²) in [7, 11) is 0. The SMILES string of the molecule is C=C(C)[C@@H]1CCC[C@]2(C(=O)O)CC[C@]3(C)[C@@H](CC[C@@H]4[C@@]5(C)C/C(=C/c6cccnc6)C(=O)C(C)(C)[C@@H]5CC[C@]43C)[C@@H]12. The second-order valence-electron chi connectivity index (χ2n) is 16.2. The minimum Gasteiger partial charge on any atom is -0.481 e. The maximum Gasteiger partial charge on any atom is 0.309 e. The molecule has 9 atom stereocenters. The van der Waals surface area contributed by atoms with Gasteiger partial charge in [0.25, 0.3) is 0 Å². The minimum absolute atomic E-state index is 0.0219. The van der Waals surface area contributed by atoms with Gasteiger partial charge in [0, 0.05) is 17.8 Å². The topological polar surface area (TPSA) is 67.3 Å². The lowest BCUT2D eigenvalue weighted by atomic mass is 9.31. The molecule has 1 heterocycles. The summed E-state index contributed by atoms with van der Waals surface area (Å²) in [5.41, 5.74) is 2.36. The average Bonchev–Trinajstić information content (AvgIpc) is 2.92. The monoisotopic (exact) mass is 557 g/mol. The highest BCUT2D eigenvalue weighted by molar-refractivity contribution is 6.04. The molecule has 0 unspecified atom stereocenters. The van der Waals surface area contributed by atoms with Crippen molar-refractivity contribution in [1.82, 2.24) is 4.98 Å². The van der Waals surface area contributed by atoms with Crippen molar-refractivity contribution in [2.75, 3.05) is 0 Å². The Bertz CT molecular complexity index is 1300. The van der Waals surface area contributed by atoms with Gasteiger partial charge in [-0.05, 0) is 134 Å². The van der Waals surface area contributed by atoms with E-state index in [2.05, 4.69) is 59.2 Å². The zero-order chi connectivity index (χ0) is 29.6. The normalized spacial score (nSPS) is 46.0. The van der Waals surface area contributed by atoms with Crippen molar-refractivity contribution < 1.29 is 14.7 Å². The molecule has 0 radical (unpaired) electrons. The number of aromatic nitrogens is 1. The number of carbonyl (C=O) groups is 2. The number of nitrogens with zero attached hydrogens (tertiary/aromatic N) is 1. The average molecular weight is 558 g/mol. The molecule has 5 aliphatic rings. The van der Waals surface area contributed by atoms with Gasteiger partial charge in [-0.3, -0.25) is 14.6 Å². The zero-order valence-electron chi connectivity index (χ0n) is 26.3. The van der Waals surface area contributed by atoms with Crippen molar-refractivity contribution >= 4 is 17.8 Å².